The molecule has 2 aromatic heterocycles. The number of ether oxygens (including phenoxy) is 1. The topological polar surface area (TPSA) is 67.4 Å². The number of morpholine rings is 1. The molecule has 0 bridgehead atoms. The van der Waals surface area contributed by atoms with Gasteiger partial charge in [0, 0.05) is 37.0 Å². The lowest BCUT2D eigenvalue weighted by Crippen LogP contribution is -2.37. The summed E-state index contributed by atoms with van der Waals surface area (Å²) in [6.45, 7) is 3.45. The average molecular weight is 380 g/mol. The van der Waals surface area contributed by atoms with Crippen LogP contribution >= 0.6 is 11.3 Å². The predicted molar refractivity (Wildman–Crippen MR) is 106 cm³/mol. The molecule has 0 saturated carbocycles. The van der Waals surface area contributed by atoms with E-state index in [9.17, 15) is 4.79 Å². The lowest BCUT2D eigenvalue weighted by atomic mass is 10.2. The molecule has 0 unspecified atom stereocenters. The van der Waals surface area contributed by atoms with Crippen molar-refractivity contribution in [3.63, 3.8) is 0 Å². The highest BCUT2D eigenvalue weighted by atomic mass is 32.1. The second-order valence-corrected chi connectivity index (χ2v) is 7.19. The van der Waals surface area contributed by atoms with E-state index in [1.54, 1.807) is 12.4 Å². The van der Waals surface area contributed by atoms with E-state index >= 15 is 0 Å². The van der Waals surface area contributed by atoms with Gasteiger partial charge in [-0.15, -0.1) is 11.3 Å². The van der Waals surface area contributed by atoms with Crippen molar-refractivity contribution < 1.29 is 9.53 Å². The van der Waals surface area contributed by atoms with E-state index in [-0.39, 0.29) is 5.91 Å². The third kappa shape index (κ3) is 4.15. The molecule has 7 heteroatoms. The molecular formula is C20H20N4O2S. The van der Waals surface area contributed by atoms with E-state index in [2.05, 4.69) is 20.2 Å². The Balaban J connectivity index is 1.43. The molecule has 6 nitrogen and oxygen atoms in total. The number of nitrogens with one attached hydrogen (secondary N) is 1. The molecule has 1 aliphatic heterocycles. The van der Waals surface area contributed by atoms with Gasteiger partial charge in [-0.2, -0.15) is 0 Å². The van der Waals surface area contributed by atoms with Gasteiger partial charge in [-0.3, -0.25) is 4.79 Å². The van der Waals surface area contributed by atoms with Crippen LogP contribution in [0.4, 0.5) is 5.82 Å². The molecule has 3 heterocycles. The van der Waals surface area contributed by atoms with Gasteiger partial charge in [0.25, 0.3) is 5.91 Å². The number of carbonyl (C=O) groups excluding carboxylic acids is 1. The minimum atomic E-state index is -0.119. The first kappa shape index (κ1) is 17.6. The van der Waals surface area contributed by atoms with E-state index in [1.165, 1.54) is 11.3 Å². The summed E-state index contributed by atoms with van der Waals surface area (Å²) in [4.78, 5) is 24.2. The van der Waals surface area contributed by atoms with Crippen LogP contribution < -0.4 is 10.2 Å². The van der Waals surface area contributed by atoms with E-state index in [4.69, 9.17) is 4.74 Å². The molecule has 3 aromatic rings. The van der Waals surface area contributed by atoms with Crippen molar-refractivity contribution >= 4 is 23.1 Å². The van der Waals surface area contributed by atoms with E-state index < -0.39 is 0 Å². The van der Waals surface area contributed by atoms with Crippen molar-refractivity contribution in [1.29, 1.82) is 0 Å². The highest BCUT2D eigenvalue weighted by molar-refractivity contribution is 7.16. The molecule has 1 aromatic carbocycles. The summed E-state index contributed by atoms with van der Waals surface area (Å²) in [6, 6.07) is 13.8. The van der Waals surface area contributed by atoms with E-state index in [1.807, 2.05) is 42.5 Å². The highest BCUT2D eigenvalue weighted by Crippen LogP contribution is 2.25. The number of pyridine rings is 1. The van der Waals surface area contributed by atoms with Crippen molar-refractivity contribution in [3.8, 4) is 10.6 Å². The van der Waals surface area contributed by atoms with Crippen molar-refractivity contribution in [3.05, 3.63) is 65.3 Å². The Hall–Kier alpha value is -2.77. The fourth-order valence-electron chi connectivity index (χ4n) is 2.98. The molecule has 1 fully saturated rings. The molecule has 1 N–H and O–H groups in total. The van der Waals surface area contributed by atoms with Gasteiger partial charge in [0.15, 0.2) is 0 Å². The minimum absolute atomic E-state index is 0.119. The number of carbonyl (C=O) groups is 1. The Bertz CT molecular complexity index is 907. The van der Waals surface area contributed by atoms with Gasteiger partial charge < -0.3 is 15.0 Å². The average Bonchev–Trinajstić information content (AvgIpc) is 3.24. The molecule has 1 aliphatic rings. The van der Waals surface area contributed by atoms with Gasteiger partial charge in [0.1, 0.15) is 15.7 Å². The smallest absolute Gasteiger partial charge is 0.263 e. The maximum absolute atomic E-state index is 12.6. The molecule has 1 amide bonds. The Kier molecular flexibility index (Phi) is 5.41. The van der Waals surface area contributed by atoms with E-state index in [0.29, 0.717) is 24.6 Å². The summed E-state index contributed by atoms with van der Waals surface area (Å²) in [5.74, 6) is 0.793. The summed E-state index contributed by atoms with van der Waals surface area (Å²) < 4.78 is 5.41. The first-order chi connectivity index (χ1) is 13.3. The number of anilines is 1. The second kappa shape index (κ2) is 8.28. The van der Waals surface area contributed by atoms with Crippen LogP contribution in [0.25, 0.3) is 10.6 Å². The van der Waals surface area contributed by atoms with Crippen LogP contribution in [0.3, 0.4) is 0 Å². The fraction of sp³-hybridized carbons (Fsp3) is 0.250. The molecular weight excluding hydrogens is 360 g/mol. The number of rotatable bonds is 5. The third-order valence-electron chi connectivity index (χ3n) is 4.37. The normalized spacial score (nSPS) is 14.1. The Morgan fingerprint density at radius 2 is 1.93 bits per heavy atom. The fourth-order valence-corrected chi connectivity index (χ4v) is 3.82. The Morgan fingerprint density at radius 3 is 2.74 bits per heavy atom. The quantitative estimate of drug-likeness (QED) is 0.737. The van der Waals surface area contributed by atoms with Gasteiger partial charge in [-0.05, 0) is 6.07 Å². The van der Waals surface area contributed by atoms with Crippen molar-refractivity contribution in [2.24, 2.45) is 0 Å². The zero-order valence-corrected chi connectivity index (χ0v) is 15.6. The van der Waals surface area contributed by atoms with Crippen LogP contribution in [-0.2, 0) is 11.3 Å². The molecule has 138 valence electrons. The van der Waals surface area contributed by atoms with Gasteiger partial charge >= 0.3 is 0 Å². The molecule has 27 heavy (non-hydrogen) atoms. The lowest BCUT2D eigenvalue weighted by molar-refractivity contribution is 0.0954. The number of hydrogen-bond acceptors (Lipinski definition) is 6. The molecule has 4 rings (SSSR count). The van der Waals surface area contributed by atoms with Crippen LogP contribution in [-0.4, -0.2) is 42.2 Å². The molecule has 1 saturated heterocycles. The van der Waals surface area contributed by atoms with Crippen molar-refractivity contribution in [1.82, 2.24) is 15.3 Å². The number of nitrogens with zero attached hydrogens (tertiary/aromatic N) is 3. The SMILES string of the molecule is O=C(NCc1cccnc1N1CCOCC1)c1cnc(-c2ccccc2)s1. The first-order valence-corrected chi connectivity index (χ1v) is 9.69. The van der Waals surface area contributed by atoms with Gasteiger partial charge in [-0.25, -0.2) is 9.97 Å². The van der Waals surface area contributed by atoms with Crippen LogP contribution in [0, 0.1) is 0 Å². The summed E-state index contributed by atoms with van der Waals surface area (Å²) in [6.07, 6.45) is 3.42. The van der Waals surface area contributed by atoms with Crippen molar-refractivity contribution in [2.75, 3.05) is 31.2 Å². The number of hydrogen-bond donors (Lipinski definition) is 1. The molecule has 0 aliphatic carbocycles. The highest BCUT2D eigenvalue weighted by Gasteiger charge is 2.17. The third-order valence-corrected chi connectivity index (χ3v) is 5.41. The molecule has 0 spiro atoms. The summed E-state index contributed by atoms with van der Waals surface area (Å²) in [7, 11) is 0. The zero-order chi connectivity index (χ0) is 18.5. The number of benzene rings is 1. The van der Waals surface area contributed by atoms with Gasteiger partial charge in [0.05, 0.1) is 19.4 Å². The predicted octanol–water partition coefficient (Wildman–Crippen LogP) is 2.97. The van der Waals surface area contributed by atoms with Crippen LogP contribution in [0.2, 0.25) is 0 Å². The van der Waals surface area contributed by atoms with E-state index in [0.717, 1.165) is 35.0 Å². The summed E-state index contributed by atoms with van der Waals surface area (Å²) >= 11 is 1.40. The lowest BCUT2D eigenvalue weighted by Gasteiger charge is -2.29. The largest absolute Gasteiger partial charge is 0.378 e. The molecule has 0 radical (unpaired) electrons. The Morgan fingerprint density at radius 1 is 1.11 bits per heavy atom. The van der Waals surface area contributed by atoms with Crippen LogP contribution in [0.1, 0.15) is 15.2 Å². The number of amides is 1. The van der Waals surface area contributed by atoms with Crippen LogP contribution in [0.15, 0.2) is 54.9 Å². The standard InChI is InChI=1S/C20H20N4O2S/c25-19(17-14-23-20(27-17)15-5-2-1-3-6-15)22-13-16-7-4-8-21-18(16)24-9-11-26-12-10-24/h1-8,14H,9-13H2,(H,22,25). The minimum Gasteiger partial charge on any atom is -0.378 e. The first-order valence-electron chi connectivity index (χ1n) is 8.87. The van der Waals surface area contributed by atoms with Gasteiger partial charge in [-0.1, -0.05) is 36.4 Å². The summed E-state index contributed by atoms with van der Waals surface area (Å²) in [5.41, 5.74) is 2.02. The monoisotopic (exact) mass is 380 g/mol. The maximum atomic E-state index is 12.6. The van der Waals surface area contributed by atoms with Crippen LogP contribution in [0.5, 0.6) is 0 Å². The molecule has 0 atom stereocenters. The second-order valence-electron chi connectivity index (χ2n) is 6.16. The number of aromatic nitrogens is 2. The van der Waals surface area contributed by atoms with Crippen molar-refractivity contribution in [2.45, 2.75) is 6.54 Å². The van der Waals surface area contributed by atoms with Gasteiger partial charge in [0.2, 0.25) is 0 Å². The maximum Gasteiger partial charge on any atom is 0.263 e. The number of thiazole rings is 1. The Labute approximate surface area is 161 Å². The zero-order valence-electron chi connectivity index (χ0n) is 14.8. The summed E-state index contributed by atoms with van der Waals surface area (Å²) in [5, 5.41) is 3.84.